The van der Waals surface area contributed by atoms with Crippen molar-refractivity contribution in [2.45, 2.75) is 44.7 Å². The molecule has 1 aliphatic rings. The molecule has 0 aromatic heterocycles. The van der Waals surface area contributed by atoms with Crippen molar-refractivity contribution < 1.29 is 14.7 Å². The van der Waals surface area contributed by atoms with Crippen LogP contribution in [0.2, 0.25) is 0 Å². The predicted molar refractivity (Wildman–Crippen MR) is 55.2 cm³/mol. The summed E-state index contributed by atoms with van der Waals surface area (Å²) in [6, 6.07) is -0.834. The molecule has 1 aliphatic carbocycles. The van der Waals surface area contributed by atoms with Gasteiger partial charge in [-0.15, -0.1) is 0 Å². The van der Waals surface area contributed by atoms with Crippen molar-refractivity contribution >= 4 is 11.9 Å². The van der Waals surface area contributed by atoms with E-state index in [-0.39, 0.29) is 11.8 Å². The van der Waals surface area contributed by atoms with Gasteiger partial charge in [-0.25, -0.2) is 4.79 Å². The zero-order chi connectivity index (χ0) is 11.6. The standard InChI is InChI=1S/C10H18N2O3/c1-3-7(8(13)14)12-9(15)10(2,11)6-4-5-6/h6-7H,3-5,11H2,1-2H3,(H,12,15)(H,13,14)/t7-,10?/m0/s1. The number of hydrogen-bond donors (Lipinski definition) is 3. The van der Waals surface area contributed by atoms with Gasteiger partial charge in [-0.3, -0.25) is 4.79 Å². The average molecular weight is 214 g/mol. The van der Waals surface area contributed by atoms with Crippen LogP contribution in [0, 0.1) is 5.92 Å². The van der Waals surface area contributed by atoms with Crippen LogP contribution < -0.4 is 11.1 Å². The van der Waals surface area contributed by atoms with E-state index in [4.69, 9.17) is 10.8 Å². The van der Waals surface area contributed by atoms with Gasteiger partial charge in [0.2, 0.25) is 5.91 Å². The summed E-state index contributed by atoms with van der Waals surface area (Å²) in [6.07, 6.45) is 2.26. The summed E-state index contributed by atoms with van der Waals surface area (Å²) in [7, 11) is 0. The van der Waals surface area contributed by atoms with E-state index in [1.807, 2.05) is 0 Å². The van der Waals surface area contributed by atoms with Crippen molar-refractivity contribution in [1.29, 1.82) is 0 Å². The van der Waals surface area contributed by atoms with E-state index in [1.54, 1.807) is 13.8 Å². The molecule has 0 spiro atoms. The Balaban J connectivity index is 2.57. The maximum absolute atomic E-state index is 11.7. The van der Waals surface area contributed by atoms with E-state index in [0.717, 1.165) is 12.8 Å². The quantitative estimate of drug-likeness (QED) is 0.605. The van der Waals surface area contributed by atoms with Crippen LogP contribution in [-0.2, 0) is 9.59 Å². The van der Waals surface area contributed by atoms with Gasteiger partial charge in [0.05, 0.1) is 5.54 Å². The van der Waals surface area contributed by atoms with Crippen molar-refractivity contribution in [2.75, 3.05) is 0 Å². The minimum Gasteiger partial charge on any atom is -0.480 e. The summed E-state index contributed by atoms with van der Waals surface area (Å²) in [6.45, 7) is 3.37. The number of nitrogens with two attached hydrogens (primary N) is 1. The number of carbonyl (C=O) groups excluding carboxylic acids is 1. The second-order valence-corrected chi connectivity index (χ2v) is 4.33. The first-order valence-corrected chi connectivity index (χ1v) is 5.22. The van der Waals surface area contributed by atoms with Gasteiger partial charge in [0, 0.05) is 0 Å². The Hall–Kier alpha value is -1.10. The highest BCUT2D eigenvalue weighted by atomic mass is 16.4. The fourth-order valence-electron chi connectivity index (χ4n) is 1.52. The molecule has 0 heterocycles. The van der Waals surface area contributed by atoms with Gasteiger partial charge in [-0.05, 0) is 32.1 Å². The molecular weight excluding hydrogens is 196 g/mol. The van der Waals surface area contributed by atoms with Gasteiger partial charge in [0.1, 0.15) is 6.04 Å². The molecule has 0 aromatic rings. The molecule has 0 saturated heterocycles. The van der Waals surface area contributed by atoms with E-state index < -0.39 is 17.6 Å². The lowest BCUT2D eigenvalue weighted by molar-refractivity contribution is -0.142. The lowest BCUT2D eigenvalue weighted by Gasteiger charge is -2.25. The molecule has 0 radical (unpaired) electrons. The molecule has 1 saturated carbocycles. The first kappa shape index (κ1) is 12.0. The van der Waals surface area contributed by atoms with Crippen molar-refractivity contribution in [3.05, 3.63) is 0 Å². The Bertz CT molecular complexity index is 272. The monoisotopic (exact) mass is 214 g/mol. The van der Waals surface area contributed by atoms with E-state index >= 15 is 0 Å². The molecule has 0 bridgehead atoms. The second-order valence-electron chi connectivity index (χ2n) is 4.33. The van der Waals surface area contributed by atoms with Crippen molar-refractivity contribution in [3.63, 3.8) is 0 Å². The number of hydrogen-bond acceptors (Lipinski definition) is 3. The Kier molecular flexibility index (Phi) is 3.34. The number of aliphatic carboxylic acids is 1. The lowest BCUT2D eigenvalue weighted by Crippen LogP contribution is -2.56. The normalized spacial score (nSPS) is 21.5. The van der Waals surface area contributed by atoms with Crippen molar-refractivity contribution in [1.82, 2.24) is 5.32 Å². The minimum atomic E-state index is -1.02. The molecule has 2 atom stereocenters. The number of carbonyl (C=O) groups is 2. The highest BCUT2D eigenvalue weighted by Crippen LogP contribution is 2.38. The summed E-state index contributed by atoms with van der Waals surface area (Å²) >= 11 is 0. The topological polar surface area (TPSA) is 92.4 Å². The molecule has 5 nitrogen and oxygen atoms in total. The third-order valence-corrected chi connectivity index (χ3v) is 2.93. The smallest absolute Gasteiger partial charge is 0.326 e. The minimum absolute atomic E-state index is 0.198. The van der Waals surface area contributed by atoms with Crippen LogP contribution in [0.4, 0.5) is 0 Å². The molecule has 4 N–H and O–H groups in total. The van der Waals surface area contributed by atoms with Gasteiger partial charge >= 0.3 is 5.97 Å². The largest absolute Gasteiger partial charge is 0.480 e. The fourth-order valence-corrected chi connectivity index (χ4v) is 1.52. The molecule has 1 rings (SSSR count). The Morgan fingerprint density at radius 3 is 2.47 bits per heavy atom. The Morgan fingerprint density at radius 2 is 2.13 bits per heavy atom. The molecule has 15 heavy (non-hydrogen) atoms. The van der Waals surface area contributed by atoms with Crippen LogP contribution in [0.1, 0.15) is 33.1 Å². The zero-order valence-electron chi connectivity index (χ0n) is 9.12. The summed E-state index contributed by atoms with van der Waals surface area (Å²) in [5, 5.41) is 11.3. The maximum Gasteiger partial charge on any atom is 0.326 e. The van der Waals surface area contributed by atoms with Gasteiger partial charge in [-0.2, -0.15) is 0 Å². The van der Waals surface area contributed by atoms with E-state index in [1.165, 1.54) is 0 Å². The van der Waals surface area contributed by atoms with Gasteiger partial charge in [0.25, 0.3) is 0 Å². The maximum atomic E-state index is 11.7. The van der Waals surface area contributed by atoms with Crippen LogP contribution in [-0.4, -0.2) is 28.6 Å². The highest BCUT2D eigenvalue weighted by Gasteiger charge is 2.44. The van der Waals surface area contributed by atoms with E-state index in [9.17, 15) is 9.59 Å². The predicted octanol–water partition coefficient (Wildman–Crippen LogP) is 0.0932. The third kappa shape index (κ3) is 2.68. The average Bonchev–Trinajstić information content (AvgIpc) is 2.95. The third-order valence-electron chi connectivity index (χ3n) is 2.93. The molecule has 0 aliphatic heterocycles. The van der Waals surface area contributed by atoms with Crippen molar-refractivity contribution in [2.24, 2.45) is 11.7 Å². The molecular formula is C10H18N2O3. The van der Waals surface area contributed by atoms with Gasteiger partial charge < -0.3 is 16.2 Å². The van der Waals surface area contributed by atoms with Gasteiger partial charge in [-0.1, -0.05) is 6.92 Å². The van der Waals surface area contributed by atoms with Crippen LogP contribution in [0.25, 0.3) is 0 Å². The molecule has 1 amide bonds. The van der Waals surface area contributed by atoms with E-state index in [0.29, 0.717) is 6.42 Å². The summed E-state index contributed by atoms with van der Waals surface area (Å²) in [5.41, 5.74) is 4.94. The first-order chi connectivity index (χ1) is 6.89. The van der Waals surface area contributed by atoms with Gasteiger partial charge in [0.15, 0.2) is 0 Å². The summed E-state index contributed by atoms with van der Waals surface area (Å²) in [4.78, 5) is 22.4. The number of carboxylic acids is 1. The molecule has 1 unspecified atom stereocenters. The van der Waals surface area contributed by atoms with Crippen molar-refractivity contribution in [3.8, 4) is 0 Å². The Morgan fingerprint density at radius 1 is 1.60 bits per heavy atom. The number of carboxylic acid groups (broad SMARTS) is 1. The number of rotatable bonds is 5. The van der Waals surface area contributed by atoms with Crippen LogP contribution in [0.15, 0.2) is 0 Å². The molecule has 0 aromatic carbocycles. The number of nitrogens with one attached hydrogen (secondary N) is 1. The lowest BCUT2D eigenvalue weighted by atomic mass is 9.95. The molecule has 86 valence electrons. The highest BCUT2D eigenvalue weighted by molar-refractivity contribution is 5.90. The summed E-state index contributed by atoms with van der Waals surface area (Å²) in [5.74, 6) is -1.18. The Labute approximate surface area is 89.0 Å². The SMILES string of the molecule is CC[C@H](NC(=O)C(C)(N)C1CC1)C(=O)O. The first-order valence-electron chi connectivity index (χ1n) is 5.22. The fraction of sp³-hybridized carbons (Fsp3) is 0.800. The second kappa shape index (κ2) is 4.18. The van der Waals surface area contributed by atoms with Crippen LogP contribution in [0.5, 0.6) is 0 Å². The van der Waals surface area contributed by atoms with Crippen LogP contribution >= 0.6 is 0 Å². The summed E-state index contributed by atoms with van der Waals surface area (Å²) < 4.78 is 0. The van der Waals surface area contributed by atoms with E-state index in [2.05, 4.69) is 5.32 Å². The zero-order valence-corrected chi connectivity index (χ0v) is 9.12. The molecule has 5 heteroatoms. The van der Waals surface area contributed by atoms with Crippen LogP contribution in [0.3, 0.4) is 0 Å². The number of amides is 1. The molecule has 1 fully saturated rings.